The average molecular weight is 406 g/mol. The van der Waals surface area contributed by atoms with E-state index in [2.05, 4.69) is 20.6 Å². The lowest BCUT2D eigenvalue weighted by atomic mass is 10.1. The second-order valence-electron chi connectivity index (χ2n) is 6.95. The van der Waals surface area contributed by atoms with Gasteiger partial charge in [0.1, 0.15) is 5.82 Å². The lowest BCUT2D eigenvalue weighted by Gasteiger charge is -2.28. The summed E-state index contributed by atoms with van der Waals surface area (Å²) < 4.78 is 18.6. The molecule has 3 heterocycles. The van der Waals surface area contributed by atoms with Gasteiger partial charge in [0.25, 0.3) is 0 Å². The molecular formula is C19H21ClFN5O2. The number of carbonyl (C=O) groups is 1. The summed E-state index contributed by atoms with van der Waals surface area (Å²) in [5.74, 6) is 0.0927. The van der Waals surface area contributed by atoms with Gasteiger partial charge in [-0.15, -0.1) is 0 Å². The van der Waals surface area contributed by atoms with Gasteiger partial charge in [0.2, 0.25) is 5.95 Å². The number of rotatable bonds is 4. The fourth-order valence-electron chi connectivity index (χ4n) is 3.32. The standard InChI is InChI=1S/C19H21ClFN5O2/c20-15-7-12(1-2-16(15)21)8-23-19(27)26-5-3-13-9-22-18(25-17(13)10-26)24-14-4-6-28-11-14/h1-2,7,9,14H,3-6,8,10-11H2,(H,23,27)(H,22,24,25). The summed E-state index contributed by atoms with van der Waals surface area (Å²) in [5, 5.41) is 6.18. The molecule has 148 valence electrons. The van der Waals surface area contributed by atoms with Crippen molar-refractivity contribution in [1.29, 1.82) is 0 Å². The number of amides is 2. The van der Waals surface area contributed by atoms with Gasteiger partial charge in [0.05, 0.1) is 29.9 Å². The van der Waals surface area contributed by atoms with Crippen LogP contribution in [0.1, 0.15) is 23.2 Å². The van der Waals surface area contributed by atoms with Gasteiger partial charge in [0, 0.05) is 25.9 Å². The zero-order valence-electron chi connectivity index (χ0n) is 15.3. The van der Waals surface area contributed by atoms with E-state index in [1.807, 2.05) is 6.20 Å². The molecule has 2 aromatic rings. The van der Waals surface area contributed by atoms with E-state index in [0.29, 0.717) is 32.1 Å². The van der Waals surface area contributed by atoms with Gasteiger partial charge in [-0.2, -0.15) is 0 Å². The molecule has 1 fully saturated rings. The summed E-state index contributed by atoms with van der Waals surface area (Å²) in [7, 11) is 0. The zero-order valence-corrected chi connectivity index (χ0v) is 16.0. The van der Waals surface area contributed by atoms with Gasteiger partial charge in [0.15, 0.2) is 0 Å². The van der Waals surface area contributed by atoms with Crippen LogP contribution in [0.2, 0.25) is 5.02 Å². The number of aromatic nitrogens is 2. The molecule has 2 aliphatic heterocycles. The zero-order chi connectivity index (χ0) is 19.5. The van der Waals surface area contributed by atoms with Crippen LogP contribution >= 0.6 is 11.6 Å². The molecule has 1 aromatic heterocycles. The van der Waals surface area contributed by atoms with Gasteiger partial charge >= 0.3 is 6.03 Å². The molecule has 1 atom stereocenters. The minimum absolute atomic E-state index is 0.0445. The first-order chi connectivity index (χ1) is 13.6. The molecule has 28 heavy (non-hydrogen) atoms. The Morgan fingerprint density at radius 2 is 2.32 bits per heavy atom. The van der Waals surface area contributed by atoms with Crippen molar-refractivity contribution in [2.24, 2.45) is 0 Å². The summed E-state index contributed by atoms with van der Waals surface area (Å²) in [4.78, 5) is 23.2. The molecule has 4 rings (SSSR count). The number of fused-ring (bicyclic) bond motifs is 1. The molecule has 0 radical (unpaired) electrons. The Morgan fingerprint density at radius 3 is 3.11 bits per heavy atom. The molecule has 2 N–H and O–H groups in total. The van der Waals surface area contributed by atoms with Crippen molar-refractivity contribution in [2.75, 3.05) is 25.1 Å². The van der Waals surface area contributed by atoms with Crippen LogP contribution in [0.3, 0.4) is 0 Å². The van der Waals surface area contributed by atoms with Crippen LogP contribution < -0.4 is 10.6 Å². The molecule has 9 heteroatoms. The number of anilines is 1. The predicted molar refractivity (Wildman–Crippen MR) is 103 cm³/mol. The predicted octanol–water partition coefficient (Wildman–Crippen LogP) is 2.74. The highest BCUT2D eigenvalue weighted by molar-refractivity contribution is 6.30. The normalized spacial score (nSPS) is 18.6. The van der Waals surface area contributed by atoms with Gasteiger partial charge in [-0.1, -0.05) is 17.7 Å². The Morgan fingerprint density at radius 1 is 1.43 bits per heavy atom. The SMILES string of the molecule is O=C(NCc1ccc(F)c(Cl)c1)N1CCc2cnc(NC3CCOC3)nc2C1. The Labute approximate surface area is 167 Å². The highest BCUT2D eigenvalue weighted by Gasteiger charge is 2.23. The Kier molecular flexibility index (Phi) is 5.59. The third-order valence-corrected chi connectivity index (χ3v) is 5.21. The van der Waals surface area contributed by atoms with E-state index in [0.717, 1.165) is 29.8 Å². The second kappa shape index (κ2) is 8.28. The Balaban J connectivity index is 1.36. The molecular weight excluding hydrogens is 385 g/mol. The minimum Gasteiger partial charge on any atom is -0.379 e. The van der Waals surface area contributed by atoms with E-state index in [-0.39, 0.29) is 23.6 Å². The molecule has 0 aliphatic carbocycles. The van der Waals surface area contributed by atoms with Crippen molar-refractivity contribution in [3.63, 3.8) is 0 Å². The molecule has 0 saturated carbocycles. The van der Waals surface area contributed by atoms with Crippen LogP contribution in [0.15, 0.2) is 24.4 Å². The number of halogens is 2. The van der Waals surface area contributed by atoms with Crippen LogP contribution in [-0.4, -0.2) is 46.7 Å². The van der Waals surface area contributed by atoms with Gasteiger partial charge in [-0.25, -0.2) is 19.2 Å². The van der Waals surface area contributed by atoms with Crippen molar-refractivity contribution in [1.82, 2.24) is 20.2 Å². The molecule has 2 amide bonds. The van der Waals surface area contributed by atoms with Crippen LogP contribution in [0.4, 0.5) is 15.1 Å². The Bertz CT molecular complexity index is 875. The first-order valence-electron chi connectivity index (χ1n) is 9.24. The average Bonchev–Trinajstić information content (AvgIpc) is 3.21. The molecule has 1 aromatic carbocycles. The smallest absolute Gasteiger partial charge is 0.318 e. The number of nitrogens with one attached hydrogen (secondary N) is 2. The molecule has 1 saturated heterocycles. The second-order valence-corrected chi connectivity index (χ2v) is 7.36. The third-order valence-electron chi connectivity index (χ3n) is 4.92. The first kappa shape index (κ1) is 18.9. The van der Waals surface area contributed by atoms with Crippen LogP contribution in [-0.2, 0) is 24.2 Å². The van der Waals surface area contributed by atoms with Crippen molar-refractivity contribution in [3.8, 4) is 0 Å². The van der Waals surface area contributed by atoms with Crippen LogP contribution in [0.5, 0.6) is 0 Å². The number of ether oxygens (including phenoxy) is 1. The summed E-state index contributed by atoms with van der Waals surface area (Å²) in [6.07, 6.45) is 3.47. The Hall–Kier alpha value is -2.45. The van der Waals surface area contributed by atoms with Crippen molar-refractivity contribution >= 4 is 23.6 Å². The summed E-state index contributed by atoms with van der Waals surface area (Å²) in [6.45, 7) is 2.69. The van der Waals surface area contributed by atoms with Gasteiger partial charge in [-0.3, -0.25) is 0 Å². The highest BCUT2D eigenvalue weighted by atomic mass is 35.5. The number of carbonyl (C=O) groups excluding carboxylic acids is 1. The molecule has 1 unspecified atom stereocenters. The van der Waals surface area contributed by atoms with E-state index in [1.165, 1.54) is 12.1 Å². The van der Waals surface area contributed by atoms with Gasteiger partial charge < -0.3 is 20.3 Å². The maximum Gasteiger partial charge on any atom is 0.318 e. The van der Waals surface area contributed by atoms with Crippen molar-refractivity contribution < 1.29 is 13.9 Å². The van der Waals surface area contributed by atoms with E-state index >= 15 is 0 Å². The fourth-order valence-corrected chi connectivity index (χ4v) is 3.52. The largest absolute Gasteiger partial charge is 0.379 e. The lowest BCUT2D eigenvalue weighted by molar-refractivity contribution is 0.191. The van der Waals surface area contributed by atoms with Crippen LogP contribution in [0.25, 0.3) is 0 Å². The minimum atomic E-state index is -0.474. The van der Waals surface area contributed by atoms with E-state index in [4.69, 9.17) is 16.3 Å². The molecule has 0 spiro atoms. The highest BCUT2D eigenvalue weighted by Crippen LogP contribution is 2.20. The lowest BCUT2D eigenvalue weighted by Crippen LogP contribution is -2.42. The topological polar surface area (TPSA) is 79.4 Å². The number of urea groups is 1. The summed E-state index contributed by atoms with van der Waals surface area (Å²) in [5.41, 5.74) is 2.65. The number of hydrogen-bond acceptors (Lipinski definition) is 5. The van der Waals surface area contributed by atoms with Crippen LogP contribution in [0, 0.1) is 5.82 Å². The summed E-state index contributed by atoms with van der Waals surface area (Å²) in [6, 6.07) is 4.44. The number of nitrogens with zero attached hydrogens (tertiary/aromatic N) is 3. The maximum atomic E-state index is 13.2. The molecule has 2 aliphatic rings. The maximum absolute atomic E-state index is 13.2. The summed E-state index contributed by atoms with van der Waals surface area (Å²) >= 11 is 5.78. The first-order valence-corrected chi connectivity index (χ1v) is 9.62. The van der Waals surface area contributed by atoms with Crippen molar-refractivity contribution in [2.45, 2.75) is 32.0 Å². The van der Waals surface area contributed by atoms with E-state index in [1.54, 1.807) is 11.0 Å². The third kappa shape index (κ3) is 4.34. The molecule has 0 bridgehead atoms. The molecule has 7 nitrogen and oxygen atoms in total. The van der Waals surface area contributed by atoms with E-state index < -0.39 is 5.82 Å². The van der Waals surface area contributed by atoms with Crippen molar-refractivity contribution in [3.05, 3.63) is 52.1 Å². The number of hydrogen-bond donors (Lipinski definition) is 2. The van der Waals surface area contributed by atoms with Gasteiger partial charge in [-0.05, 0) is 36.1 Å². The quantitative estimate of drug-likeness (QED) is 0.817. The van der Waals surface area contributed by atoms with E-state index in [9.17, 15) is 9.18 Å². The fraction of sp³-hybridized carbons (Fsp3) is 0.421. The monoisotopic (exact) mass is 405 g/mol. The number of benzene rings is 1.